The molecular weight excluding hydrogens is 346 g/mol. The minimum atomic E-state index is 0.0119. The van der Waals surface area contributed by atoms with E-state index in [1.807, 2.05) is 17.0 Å². The second-order valence-electron chi connectivity index (χ2n) is 6.61. The van der Waals surface area contributed by atoms with Gasteiger partial charge in [0.25, 0.3) is 5.91 Å². The first kappa shape index (κ1) is 17.6. The maximum Gasteiger partial charge on any atom is 0.260 e. The number of hydrogen-bond acceptors (Lipinski definition) is 6. The quantitative estimate of drug-likeness (QED) is 0.797. The summed E-state index contributed by atoms with van der Waals surface area (Å²) in [5.74, 6) is 2.26. The van der Waals surface area contributed by atoms with Crippen molar-refractivity contribution in [1.29, 1.82) is 0 Å². The van der Waals surface area contributed by atoms with Crippen molar-refractivity contribution in [3.8, 4) is 17.2 Å². The summed E-state index contributed by atoms with van der Waals surface area (Å²) in [5, 5.41) is 0. The first-order valence-corrected chi connectivity index (χ1v) is 9.19. The standard InChI is InChI=1S/C20H23N3O4/c24-20(15-27-17-2-1-5-21-13-17)23-8-6-22(7-9-23)14-16-3-4-18-19(12-16)26-11-10-25-18/h1-5,12-13H,6-11,14-15H2. The molecule has 0 unspecified atom stereocenters. The molecule has 0 aliphatic carbocycles. The van der Waals surface area contributed by atoms with Crippen LogP contribution in [0.15, 0.2) is 42.7 Å². The minimum Gasteiger partial charge on any atom is -0.486 e. The fraction of sp³-hybridized carbons (Fsp3) is 0.400. The molecule has 1 amide bonds. The highest BCUT2D eigenvalue weighted by molar-refractivity contribution is 5.77. The van der Waals surface area contributed by atoms with Gasteiger partial charge < -0.3 is 19.1 Å². The molecule has 0 atom stereocenters. The summed E-state index contributed by atoms with van der Waals surface area (Å²) >= 11 is 0. The monoisotopic (exact) mass is 369 g/mol. The molecule has 0 saturated carbocycles. The molecule has 0 spiro atoms. The Bertz CT molecular complexity index is 776. The summed E-state index contributed by atoms with van der Waals surface area (Å²) in [6.45, 7) is 5.18. The van der Waals surface area contributed by atoms with Crippen molar-refractivity contribution in [3.05, 3.63) is 48.3 Å². The van der Waals surface area contributed by atoms with Crippen LogP contribution >= 0.6 is 0 Å². The maximum atomic E-state index is 12.3. The molecule has 0 radical (unpaired) electrons. The van der Waals surface area contributed by atoms with Crippen LogP contribution in [0, 0.1) is 0 Å². The lowest BCUT2D eigenvalue weighted by atomic mass is 10.1. The van der Waals surface area contributed by atoms with Gasteiger partial charge in [-0.3, -0.25) is 14.7 Å². The first-order chi connectivity index (χ1) is 13.3. The zero-order valence-corrected chi connectivity index (χ0v) is 15.2. The molecule has 1 fully saturated rings. The summed E-state index contributed by atoms with van der Waals surface area (Å²) in [4.78, 5) is 20.5. The number of rotatable bonds is 5. The number of carbonyl (C=O) groups excluding carboxylic acids is 1. The van der Waals surface area contributed by atoms with E-state index < -0.39 is 0 Å². The molecule has 7 nitrogen and oxygen atoms in total. The fourth-order valence-electron chi connectivity index (χ4n) is 3.27. The lowest BCUT2D eigenvalue weighted by Gasteiger charge is -2.34. The van der Waals surface area contributed by atoms with Crippen molar-refractivity contribution in [1.82, 2.24) is 14.8 Å². The third kappa shape index (κ3) is 4.49. The topological polar surface area (TPSA) is 64.1 Å². The second-order valence-corrected chi connectivity index (χ2v) is 6.61. The van der Waals surface area contributed by atoms with Gasteiger partial charge in [0.15, 0.2) is 18.1 Å². The van der Waals surface area contributed by atoms with Crippen LogP contribution in [-0.2, 0) is 11.3 Å². The predicted molar refractivity (Wildman–Crippen MR) is 99.0 cm³/mol. The van der Waals surface area contributed by atoms with E-state index in [9.17, 15) is 4.79 Å². The molecule has 1 saturated heterocycles. The van der Waals surface area contributed by atoms with Gasteiger partial charge in [0.05, 0.1) is 6.20 Å². The number of benzene rings is 1. The van der Waals surface area contributed by atoms with Gasteiger partial charge in [-0.15, -0.1) is 0 Å². The Morgan fingerprint density at radius 2 is 1.89 bits per heavy atom. The average molecular weight is 369 g/mol. The Morgan fingerprint density at radius 1 is 1.07 bits per heavy atom. The zero-order chi connectivity index (χ0) is 18.5. The number of carbonyl (C=O) groups is 1. The fourth-order valence-corrected chi connectivity index (χ4v) is 3.27. The molecule has 2 aliphatic heterocycles. The highest BCUT2D eigenvalue weighted by Gasteiger charge is 2.22. The Morgan fingerprint density at radius 3 is 2.67 bits per heavy atom. The Balaban J connectivity index is 1.24. The lowest BCUT2D eigenvalue weighted by molar-refractivity contribution is -0.135. The van der Waals surface area contributed by atoms with E-state index >= 15 is 0 Å². The Hall–Kier alpha value is -2.80. The van der Waals surface area contributed by atoms with Crippen LogP contribution in [0.3, 0.4) is 0 Å². The number of fused-ring (bicyclic) bond motifs is 1. The number of piperazine rings is 1. The molecule has 1 aromatic heterocycles. The van der Waals surface area contributed by atoms with Crippen LogP contribution in [0.4, 0.5) is 0 Å². The van der Waals surface area contributed by atoms with E-state index in [4.69, 9.17) is 14.2 Å². The molecule has 1 aromatic carbocycles. The molecule has 0 bridgehead atoms. The second kappa shape index (κ2) is 8.26. The van der Waals surface area contributed by atoms with Crippen LogP contribution in [-0.4, -0.2) is 66.7 Å². The number of pyridine rings is 1. The van der Waals surface area contributed by atoms with Crippen LogP contribution in [0.25, 0.3) is 0 Å². The van der Waals surface area contributed by atoms with E-state index in [1.54, 1.807) is 24.5 Å². The van der Waals surface area contributed by atoms with Crippen molar-refractivity contribution < 1.29 is 19.0 Å². The van der Waals surface area contributed by atoms with Gasteiger partial charge in [0.1, 0.15) is 19.0 Å². The molecule has 3 heterocycles. The first-order valence-electron chi connectivity index (χ1n) is 9.19. The van der Waals surface area contributed by atoms with Crippen molar-refractivity contribution in [2.45, 2.75) is 6.54 Å². The lowest BCUT2D eigenvalue weighted by Crippen LogP contribution is -2.49. The van der Waals surface area contributed by atoms with Gasteiger partial charge in [0.2, 0.25) is 0 Å². The van der Waals surface area contributed by atoms with Crippen molar-refractivity contribution in [2.24, 2.45) is 0 Å². The Kier molecular flexibility index (Phi) is 5.39. The van der Waals surface area contributed by atoms with E-state index in [0.29, 0.717) is 32.1 Å². The minimum absolute atomic E-state index is 0.0119. The van der Waals surface area contributed by atoms with Crippen LogP contribution in [0.5, 0.6) is 17.2 Å². The van der Waals surface area contributed by atoms with Crippen molar-refractivity contribution in [3.63, 3.8) is 0 Å². The third-order valence-electron chi connectivity index (χ3n) is 4.73. The largest absolute Gasteiger partial charge is 0.486 e. The summed E-state index contributed by atoms with van der Waals surface area (Å²) in [6.07, 6.45) is 3.29. The van der Waals surface area contributed by atoms with Crippen LogP contribution < -0.4 is 14.2 Å². The smallest absolute Gasteiger partial charge is 0.260 e. The molecule has 7 heteroatoms. The third-order valence-corrected chi connectivity index (χ3v) is 4.73. The number of ether oxygens (including phenoxy) is 3. The van der Waals surface area contributed by atoms with Gasteiger partial charge in [-0.25, -0.2) is 0 Å². The summed E-state index contributed by atoms with van der Waals surface area (Å²) in [5.41, 5.74) is 1.19. The molecule has 27 heavy (non-hydrogen) atoms. The Labute approximate surface area is 158 Å². The molecule has 4 rings (SSSR count). The highest BCUT2D eigenvalue weighted by atomic mass is 16.6. The molecule has 142 valence electrons. The van der Waals surface area contributed by atoms with E-state index in [2.05, 4.69) is 16.0 Å². The molecule has 0 N–H and O–H groups in total. The SMILES string of the molecule is O=C(COc1cccnc1)N1CCN(Cc2ccc3c(c2)OCCO3)CC1. The maximum absolute atomic E-state index is 12.3. The van der Waals surface area contributed by atoms with E-state index in [1.165, 1.54) is 5.56 Å². The number of nitrogens with zero attached hydrogens (tertiary/aromatic N) is 3. The van der Waals surface area contributed by atoms with E-state index in [0.717, 1.165) is 31.1 Å². The van der Waals surface area contributed by atoms with Gasteiger partial charge >= 0.3 is 0 Å². The normalized spacial score (nSPS) is 16.8. The number of amides is 1. The summed E-state index contributed by atoms with van der Waals surface area (Å²) < 4.78 is 16.7. The molecular formula is C20H23N3O4. The van der Waals surface area contributed by atoms with Crippen LogP contribution in [0.2, 0.25) is 0 Å². The van der Waals surface area contributed by atoms with Crippen LogP contribution in [0.1, 0.15) is 5.56 Å². The predicted octanol–water partition coefficient (Wildman–Crippen LogP) is 1.58. The summed E-state index contributed by atoms with van der Waals surface area (Å²) in [6, 6.07) is 9.68. The van der Waals surface area contributed by atoms with Crippen molar-refractivity contribution in [2.75, 3.05) is 46.0 Å². The highest BCUT2D eigenvalue weighted by Crippen LogP contribution is 2.31. The van der Waals surface area contributed by atoms with Gasteiger partial charge in [0, 0.05) is 38.9 Å². The molecule has 2 aromatic rings. The van der Waals surface area contributed by atoms with Gasteiger partial charge in [-0.05, 0) is 29.8 Å². The van der Waals surface area contributed by atoms with E-state index in [-0.39, 0.29) is 12.5 Å². The zero-order valence-electron chi connectivity index (χ0n) is 15.2. The number of aromatic nitrogens is 1. The van der Waals surface area contributed by atoms with Gasteiger partial charge in [-0.1, -0.05) is 6.07 Å². The van der Waals surface area contributed by atoms with Gasteiger partial charge in [-0.2, -0.15) is 0 Å². The summed E-state index contributed by atoms with van der Waals surface area (Å²) in [7, 11) is 0. The average Bonchev–Trinajstić information content (AvgIpc) is 2.73. The van der Waals surface area contributed by atoms with Crippen molar-refractivity contribution >= 4 is 5.91 Å². The number of hydrogen-bond donors (Lipinski definition) is 0. The molecule has 2 aliphatic rings.